The molecule has 0 aliphatic carbocycles. The van der Waals surface area contributed by atoms with E-state index in [1.165, 1.54) is 11.3 Å². The number of carbonyl (C=O) groups is 1. The molecule has 1 atom stereocenters. The minimum absolute atomic E-state index is 0.00423. The predicted molar refractivity (Wildman–Crippen MR) is 58.6 cm³/mol. The molecule has 1 rings (SSSR count). The van der Waals surface area contributed by atoms with Crippen molar-refractivity contribution in [2.24, 2.45) is 0 Å². The average Bonchev–Trinajstić information content (AvgIpc) is 2.43. The van der Waals surface area contributed by atoms with Crippen LogP contribution in [0, 0.1) is 6.92 Å². The van der Waals surface area contributed by atoms with E-state index in [0.717, 1.165) is 14.2 Å². The first-order valence-electron chi connectivity index (χ1n) is 4.16. The van der Waals surface area contributed by atoms with Gasteiger partial charge in [0.05, 0.1) is 9.89 Å². The topological polar surface area (TPSA) is 57.5 Å². The van der Waals surface area contributed by atoms with Crippen molar-refractivity contribution < 1.29 is 15.0 Å². The summed E-state index contributed by atoms with van der Waals surface area (Å²) in [6, 6.07) is 1.88. The zero-order valence-electron chi connectivity index (χ0n) is 7.66. The highest BCUT2D eigenvalue weighted by molar-refractivity contribution is 9.11. The molecule has 78 valence electrons. The molecule has 2 N–H and O–H groups in total. The van der Waals surface area contributed by atoms with Crippen LogP contribution in [0.2, 0.25) is 0 Å². The van der Waals surface area contributed by atoms with E-state index in [4.69, 9.17) is 5.11 Å². The summed E-state index contributed by atoms with van der Waals surface area (Å²) in [6.45, 7) is 1.94. The molecule has 0 saturated carbocycles. The van der Waals surface area contributed by atoms with Gasteiger partial charge in [-0.15, -0.1) is 11.3 Å². The average molecular weight is 279 g/mol. The molecule has 0 aliphatic rings. The van der Waals surface area contributed by atoms with E-state index in [-0.39, 0.29) is 12.8 Å². The Bertz CT molecular complexity index is 315. The van der Waals surface area contributed by atoms with Crippen molar-refractivity contribution in [3.05, 3.63) is 20.3 Å². The van der Waals surface area contributed by atoms with E-state index in [1.807, 2.05) is 13.0 Å². The molecule has 0 radical (unpaired) electrons. The SMILES string of the molecule is Cc1cc(C(O)CCC(=O)O)sc1Br. The zero-order chi connectivity index (χ0) is 10.7. The van der Waals surface area contributed by atoms with E-state index in [9.17, 15) is 9.90 Å². The Balaban J connectivity index is 2.60. The first-order chi connectivity index (χ1) is 6.50. The van der Waals surface area contributed by atoms with Gasteiger partial charge < -0.3 is 10.2 Å². The van der Waals surface area contributed by atoms with Crippen LogP contribution in [-0.4, -0.2) is 16.2 Å². The fraction of sp³-hybridized carbons (Fsp3) is 0.444. The molecule has 1 aromatic heterocycles. The smallest absolute Gasteiger partial charge is 0.303 e. The van der Waals surface area contributed by atoms with Gasteiger partial charge in [0, 0.05) is 11.3 Å². The van der Waals surface area contributed by atoms with Gasteiger partial charge in [0.25, 0.3) is 0 Å². The molecule has 1 aromatic rings. The monoisotopic (exact) mass is 278 g/mol. The summed E-state index contributed by atoms with van der Waals surface area (Å²) < 4.78 is 0.988. The fourth-order valence-corrected chi connectivity index (χ4v) is 2.64. The molecule has 0 bridgehead atoms. The molecule has 0 fully saturated rings. The number of aliphatic hydroxyl groups is 1. The molecule has 1 heterocycles. The number of carboxylic acids is 1. The summed E-state index contributed by atoms with van der Waals surface area (Å²) in [4.78, 5) is 11.1. The molecule has 0 spiro atoms. The van der Waals surface area contributed by atoms with Crippen LogP contribution in [0.5, 0.6) is 0 Å². The van der Waals surface area contributed by atoms with E-state index >= 15 is 0 Å². The third kappa shape index (κ3) is 3.08. The fourth-order valence-electron chi connectivity index (χ4n) is 1.05. The zero-order valence-corrected chi connectivity index (χ0v) is 10.1. The van der Waals surface area contributed by atoms with E-state index in [2.05, 4.69) is 15.9 Å². The number of halogens is 1. The minimum Gasteiger partial charge on any atom is -0.481 e. The molecule has 0 saturated heterocycles. The third-order valence-electron chi connectivity index (χ3n) is 1.84. The van der Waals surface area contributed by atoms with Crippen molar-refractivity contribution in [2.45, 2.75) is 25.9 Å². The first-order valence-corrected chi connectivity index (χ1v) is 5.77. The second kappa shape index (κ2) is 4.91. The summed E-state index contributed by atoms with van der Waals surface area (Å²) in [6.07, 6.45) is -0.404. The van der Waals surface area contributed by atoms with E-state index < -0.39 is 12.1 Å². The summed E-state index contributed by atoms with van der Waals surface area (Å²) in [7, 11) is 0. The number of rotatable bonds is 4. The standard InChI is InChI=1S/C9H11BrO3S/c1-5-4-7(14-9(5)10)6(11)2-3-8(12)13/h4,6,11H,2-3H2,1H3,(H,12,13). The van der Waals surface area contributed by atoms with Crippen LogP contribution < -0.4 is 0 Å². The van der Waals surface area contributed by atoms with Gasteiger partial charge in [0.1, 0.15) is 0 Å². The quantitative estimate of drug-likeness (QED) is 0.891. The lowest BCUT2D eigenvalue weighted by Gasteiger charge is -2.05. The van der Waals surface area contributed by atoms with E-state index in [1.54, 1.807) is 0 Å². The molecule has 5 heteroatoms. The van der Waals surface area contributed by atoms with Gasteiger partial charge in [-0.05, 0) is 40.9 Å². The molecule has 0 amide bonds. The van der Waals surface area contributed by atoms with Crippen molar-refractivity contribution in [1.82, 2.24) is 0 Å². The van der Waals surface area contributed by atoms with Gasteiger partial charge in [0.2, 0.25) is 0 Å². The maximum atomic E-state index is 10.3. The highest BCUT2D eigenvalue weighted by atomic mass is 79.9. The Hall–Kier alpha value is -0.390. The molecule has 0 aromatic carbocycles. The summed E-state index contributed by atoms with van der Waals surface area (Å²) in [5, 5.41) is 18.1. The van der Waals surface area contributed by atoms with Gasteiger partial charge in [-0.1, -0.05) is 0 Å². The summed E-state index contributed by atoms with van der Waals surface area (Å²) >= 11 is 4.80. The van der Waals surface area contributed by atoms with Crippen LogP contribution in [0.3, 0.4) is 0 Å². The van der Waals surface area contributed by atoms with Crippen LogP contribution in [0.25, 0.3) is 0 Å². The lowest BCUT2D eigenvalue weighted by Crippen LogP contribution is -2.00. The normalized spacial score (nSPS) is 12.8. The Labute approximate surface area is 94.5 Å². The Morgan fingerprint density at radius 2 is 2.36 bits per heavy atom. The van der Waals surface area contributed by atoms with Crippen LogP contribution in [-0.2, 0) is 4.79 Å². The third-order valence-corrected chi connectivity index (χ3v) is 4.07. The van der Waals surface area contributed by atoms with Crippen molar-refractivity contribution >= 4 is 33.2 Å². The van der Waals surface area contributed by atoms with Crippen LogP contribution in [0.1, 0.15) is 29.4 Å². The highest BCUT2D eigenvalue weighted by Crippen LogP contribution is 2.32. The number of thiophene rings is 1. The maximum absolute atomic E-state index is 10.3. The van der Waals surface area contributed by atoms with Crippen molar-refractivity contribution in [2.75, 3.05) is 0 Å². The number of hydrogen-bond donors (Lipinski definition) is 2. The Kier molecular flexibility index (Phi) is 4.10. The van der Waals surface area contributed by atoms with E-state index in [0.29, 0.717) is 0 Å². The Morgan fingerprint density at radius 3 is 2.79 bits per heavy atom. The van der Waals surface area contributed by atoms with Crippen LogP contribution in [0.15, 0.2) is 9.85 Å². The molecule has 1 unspecified atom stereocenters. The van der Waals surface area contributed by atoms with Crippen molar-refractivity contribution in [3.63, 3.8) is 0 Å². The van der Waals surface area contributed by atoms with Crippen molar-refractivity contribution in [3.8, 4) is 0 Å². The number of hydrogen-bond acceptors (Lipinski definition) is 3. The molecule has 3 nitrogen and oxygen atoms in total. The molecule has 14 heavy (non-hydrogen) atoms. The second-order valence-corrected chi connectivity index (χ2v) is 5.46. The first kappa shape index (κ1) is 11.7. The van der Waals surface area contributed by atoms with Crippen LogP contribution >= 0.6 is 27.3 Å². The van der Waals surface area contributed by atoms with Gasteiger partial charge in [-0.3, -0.25) is 4.79 Å². The minimum atomic E-state index is -0.878. The Morgan fingerprint density at radius 1 is 1.71 bits per heavy atom. The lowest BCUT2D eigenvalue weighted by molar-refractivity contribution is -0.137. The molecule has 0 aliphatic heterocycles. The summed E-state index contributed by atoms with van der Waals surface area (Å²) in [5.41, 5.74) is 1.07. The number of carboxylic acid groups (broad SMARTS) is 1. The number of aliphatic hydroxyl groups excluding tert-OH is 1. The second-order valence-electron chi connectivity index (χ2n) is 3.05. The van der Waals surface area contributed by atoms with Crippen LogP contribution in [0.4, 0.5) is 0 Å². The highest BCUT2D eigenvalue weighted by Gasteiger charge is 2.13. The molecular weight excluding hydrogens is 268 g/mol. The van der Waals surface area contributed by atoms with Gasteiger partial charge in [-0.2, -0.15) is 0 Å². The van der Waals surface area contributed by atoms with Gasteiger partial charge >= 0.3 is 5.97 Å². The maximum Gasteiger partial charge on any atom is 0.303 e. The molecular formula is C9H11BrO3S. The number of aryl methyl sites for hydroxylation is 1. The largest absolute Gasteiger partial charge is 0.481 e. The summed E-state index contributed by atoms with van der Waals surface area (Å²) in [5.74, 6) is -0.878. The predicted octanol–water partition coefficient (Wildman–Crippen LogP) is 2.72. The lowest BCUT2D eigenvalue weighted by atomic mass is 10.1. The van der Waals surface area contributed by atoms with Gasteiger partial charge in [0.15, 0.2) is 0 Å². The number of aliphatic carboxylic acids is 1. The van der Waals surface area contributed by atoms with Gasteiger partial charge in [-0.25, -0.2) is 0 Å². The van der Waals surface area contributed by atoms with Crippen molar-refractivity contribution in [1.29, 1.82) is 0 Å².